The lowest BCUT2D eigenvalue weighted by molar-refractivity contribution is -0.114. The first-order valence-electron chi connectivity index (χ1n) is 9.76. The van der Waals surface area contributed by atoms with Gasteiger partial charge >= 0.3 is 0 Å². The highest BCUT2D eigenvalue weighted by Gasteiger charge is 2.20. The predicted molar refractivity (Wildman–Crippen MR) is 127 cm³/mol. The minimum absolute atomic E-state index is 0. The van der Waals surface area contributed by atoms with E-state index in [0.29, 0.717) is 12.5 Å². The Morgan fingerprint density at radius 2 is 1.68 bits per heavy atom. The zero-order valence-electron chi connectivity index (χ0n) is 17.1. The van der Waals surface area contributed by atoms with Crippen LogP contribution in [0.2, 0.25) is 0 Å². The second-order valence-corrected chi connectivity index (χ2v) is 6.75. The molecular weight excluding hydrogens is 522 g/mol. The molecule has 1 saturated heterocycles. The molecule has 0 atom stereocenters. The normalized spacial score (nSPS) is 14.1. The number of anilines is 2. The molecule has 2 aromatic carbocycles. The SMILES string of the molecule is CCNC(=NCC(=O)Nc1ccc(F)c(F)c1F)N1CCN(c2ccccc2)CC1.I. The van der Waals surface area contributed by atoms with Crippen LogP contribution in [0.25, 0.3) is 0 Å². The number of carbonyl (C=O) groups is 1. The molecule has 1 fully saturated rings. The van der Waals surface area contributed by atoms with Crippen molar-refractivity contribution in [2.24, 2.45) is 4.99 Å². The number of halogens is 4. The number of carbonyl (C=O) groups excluding carboxylic acids is 1. The molecule has 1 aliphatic heterocycles. The van der Waals surface area contributed by atoms with Gasteiger partial charge in [-0.05, 0) is 31.2 Å². The van der Waals surface area contributed by atoms with Gasteiger partial charge in [-0.15, -0.1) is 24.0 Å². The average molecular weight is 547 g/mol. The Morgan fingerprint density at radius 1 is 1.00 bits per heavy atom. The molecule has 10 heteroatoms. The molecule has 0 radical (unpaired) electrons. The third-order valence-electron chi connectivity index (χ3n) is 4.72. The molecule has 1 aliphatic rings. The summed E-state index contributed by atoms with van der Waals surface area (Å²) in [4.78, 5) is 20.8. The van der Waals surface area contributed by atoms with Crippen molar-refractivity contribution in [2.45, 2.75) is 6.92 Å². The lowest BCUT2D eigenvalue weighted by Crippen LogP contribution is -2.52. The van der Waals surface area contributed by atoms with Gasteiger partial charge in [0.25, 0.3) is 0 Å². The first-order chi connectivity index (χ1) is 14.5. The molecule has 0 aliphatic carbocycles. The van der Waals surface area contributed by atoms with Gasteiger partial charge in [-0.1, -0.05) is 18.2 Å². The molecule has 6 nitrogen and oxygen atoms in total. The fourth-order valence-electron chi connectivity index (χ4n) is 3.20. The van der Waals surface area contributed by atoms with Gasteiger partial charge in [0, 0.05) is 38.4 Å². The first-order valence-corrected chi connectivity index (χ1v) is 9.76. The highest BCUT2D eigenvalue weighted by atomic mass is 127. The first kappa shape index (κ1) is 24.8. The number of rotatable bonds is 5. The minimum Gasteiger partial charge on any atom is -0.368 e. The van der Waals surface area contributed by atoms with Crippen molar-refractivity contribution >= 4 is 47.2 Å². The van der Waals surface area contributed by atoms with Gasteiger partial charge in [0.2, 0.25) is 5.91 Å². The molecule has 1 amide bonds. The maximum Gasteiger partial charge on any atom is 0.246 e. The zero-order chi connectivity index (χ0) is 21.5. The van der Waals surface area contributed by atoms with Crippen LogP contribution in [-0.4, -0.2) is 56.0 Å². The molecule has 31 heavy (non-hydrogen) atoms. The average Bonchev–Trinajstić information content (AvgIpc) is 2.78. The number of nitrogens with zero attached hydrogens (tertiary/aromatic N) is 3. The van der Waals surface area contributed by atoms with Crippen molar-refractivity contribution < 1.29 is 18.0 Å². The lowest BCUT2D eigenvalue weighted by Gasteiger charge is -2.37. The monoisotopic (exact) mass is 547 g/mol. The molecule has 0 spiro atoms. The van der Waals surface area contributed by atoms with Crippen LogP contribution < -0.4 is 15.5 Å². The lowest BCUT2D eigenvalue weighted by atomic mass is 10.2. The number of amides is 1. The van der Waals surface area contributed by atoms with E-state index in [2.05, 4.69) is 32.7 Å². The number of para-hydroxylation sites is 1. The van der Waals surface area contributed by atoms with Gasteiger partial charge in [-0.3, -0.25) is 4.79 Å². The summed E-state index contributed by atoms with van der Waals surface area (Å²) in [7, 11) is 0. The number of benzene rings is 2. The van der Waals surface area contributed by atoms with Crippen LogP contribution in [0.1, 0.15) is 6.92 Å². The van der Waals surface area contributed by atoms with Crippen LogP contribution in [0.15, 0.2) is 47.5 Å². The third kappa shape index (κ3) is 6.49. The number of guanidine groups is 1. The van der Waals surface area contributed by atoms with Gasteiger partial charge in [0.15, 0.2) is 23.4 Å². The molecule has 0 saturated carbocycles. The standard InChI is InChI=1S/C21H24F3N5O.HI/c1-2-25-21(29-12-10-28(11-13-29)15-6-4-3-5-7-15)26-14-18(30)27-17-9-8-16(22)19(23)20(17)24;/h3-9H,2,10-14H2,1H3,(H,25,26)(H,27,30);1H. The molecule has 1 heterocycles. The van der Waals surface area contributed by atoms with Crippen LogP contribution in [-0.2, 0) is 4.79 Å². The third-order valence-corrected chi connectivity index (χ3v) is 4.72. The maximum atomic E-state index is 13.7. The minimum atomic E-state index is -1.62. The van der Waals surface area contributed by atoms with Crippen LogP contribution >= 0.6 is 24.0 Å². The Labute approximate surface area is 196 Å². The quantitative estimate of drug-likeness (QED) is 0.261. The van der Waals surface area contributed by atoms with Gasteiger partial charge in [-0.2, -0.15) is 0 Å². The van der Waals surface area contributed by atoms with E-state index >= 15 is 0 Å². The van der Waals surface area contributed by atoms with E-state index in [0.717, 1.165) is 44.0 Å². The fourth-order valence-corrected chi connectivity index (χ4v) is 3.20. The van der Waals surface area contributed by atoms with Crippen LogP contribution in [0, 0.1) is 17.5 Å². The van der Waals surface area contributed by atoms with Gasteiger partial charge in [0.05, 0.1) is 5.69 Å². The van der Waals surface area contributed by atoms with E-state index in [1.807, 2.05) is 30.0 Å². The molecule has 3 rings (SSSR count). The molecule has 168 valence electrons. The van der Waals surface area contributed by atoms with Crippen molar-refractivity contribution in [3.05, 3.63) is 59.9 Å². The van der Waals surface area contributed by atoms with Gasteiger partial charge in [0.1, 0.15) is 6.54 Å². The molecule has 2 N–H and O–H groups in total. The van der Waals surface area contributed by atoms with E-state index in [1.54, 1.807) is 0 Å². The molecule has 0 unspecified atom stereocenters. The Kier molecular flexibility index (Phi) is 9.41. The highest BCUT2D eigenvalue weighted by Crippen LogP contribution is 2.19. The Balaban J connectivity index is 0.00000341. The Hall–Kier alpha value is -2.50. The van der Waals surface area contributed by atoms with Crippen molar-refractivity contribution in [3.8, 4) is 0 Å². The summed E-state index contributed by atoms with van der Waals surface area (Å²) in [6.45, 7) is 5.32. The fraction of sp³-hybridized carbons (Fsp3) is 0.333. The number of hydrogen-bond donors (Lipinski definition) is 2. The van der Waals surface area contributed by atoms with E-state index in [1.165, 1.54) is 0 Å². The van der Waals surface area contributed by atoms with Gasteiger partial charge in [-0.25, -0.2) is 18.2 Å². The van der Waals surface area contributed by atoms with Crippen molar-refractivity contribution in [2.75, 3.05) is 49.5 Å². The topological polar surface area (TPSA) is 60.0 Å². The second-order valence-electron chi connectivity index (χ2n) is 6.75. The number of piperazine rings is 1. The van der Waals surface area contributed by atoms with Crippen LogP contribution in [0.3, 0.4) is 0 Å². The highest BCUT2D eigenvalue weighted by molar-refractivity contribution is 14.0. The summed E-state index contributed by atoms with van der Waals surface area (Å²) in [5.41, 5.74) is 0.739. The molecule has 2 aromatic rings. The smallest absolute Gasteiger partial charge is 0.246 e. The zero-order valence-corrected chi connectivity index (χ0v) is 19.4. The van der Waals surface area contributed by atoms with E-state index in [-0.39, 0.29) is 30.5 Å². The Bertz CT molecular complexity index is 905. The number of nitrogens with one attached hydrogen (secondary N) is 2. The summed E-state index contributed by atoms with van der Waals surface area (Å²) in [6.07, 6.45) is 0. The molecule has 0 aromatic heterocycles. The summed E-state index contributed by atoms with van der Waals surface area (Å²) in [5, 5.41) is 5.37. The van der Waals surface area contributed by atoms with E-state index < -0.39 is 29.0 Å². The summed E-state index contributed by atoms with van der Waals surface area (Å²) in [6, 6.07) is 11.8. The largest absolute Gasteiger partial charge is 0.368 e. The van der Waals surface area contributed by atoms with E-state index in [9.17, 15) is 18.0 Å². The van der Waals surface area contributed by atoms with Crippen molar-refractivity contribution in [1.29, 1.82) is 0 Å². The Morgan fingerprint density at radius 3 is 2.32 bits per heavy atom. The summed E-state index contributed by atoms with van der Waals surface area (Å²) >= 11 is 0. The van der Waals surface area contributed by atoms with Crippen molar-refractivity contribution in [3.63, 3.8) is 0 Å². The van der Waals surface area contributed by atoms with E-state index in [4.69, 9.17) is 0 Å². The molecular formula is C21H25F3IN5O. The summed E-state index contributed by atoms with van der Waals surface area (Å²) < 4.78 is 40.0. The molecule has 0 bridgehead atoms. The van der Waals surface area contributed by atoms with Crippen molar-refractivity contribution in [1.82, 2.24) is 10.2 Å². The predicted octanol–water partition coefficient (Wildman–Crippen LogP) is 3.45. The number of aliphatic imine (C=N–C) groups is 1. The number of hydrogen-bond acceptors (Lipinski definition) is 3. The van der Waals surface area contributed by atoms with Crippen LogP contribution in [0.5, 0.6) is 0 Å². The van der Waals surface area contributed by atoms with Crippen LogP contribution in [0.4, 0.5) is 24.5 Å². The summed E-state index contributed by atoms with van der Waals surface area (Å²) in [5.74, 6) is -4.42. The maximum absolute atomic E-state index is 13.7. The second kappa shape index (κ2) is 11.8. The van der Waals surface area contributed by atoms with Gasteiger partial charge < -0.3 is 20.4 Å².